The van der Waals surface area contributed by atoms with E-state index >= 15 is 0 Å². The van der Waals surface area contributed by atoms with Crippen LogP contribution in [-0.2, 0) is 0 Å². The van der Waals surface area contributed by atoms with Crippen molar-refractivity contribution in [3.63, 3.8) is 0 Å². The Morgan fingerprint density at radius 2 is 1.44 bits per heavy atom. The van der Waals surface area contributed by atoms with E-state index in [-0.39, 0.29) is 0 Å². The highest BCUT2D eigenvalue weighted by molar-refractivity contribution is 5.47. The summed E-state index contributed by atoms with van der Waals surface area (Å²) in [6, 6.07) is 0. The highest BCUT2D eigenvalue weighted by Gasteiger charge is 2.00. The summed E-state index contributed by atoms with van der Waals surface area (Å²) >= 11 is 0. The van der Waals surface area contributed by atoms with Gasteiger partial charge in [-0.05, 0) is 24.0 Å². The summed E-state index contributed by atoms with van der Waals surface area (Å²) in [5.74, 6) is 0. The van der Waals surface area contributed by atoms with Crippen molar-refractivity contribution in [3.8, 4) is 0 Å². The van der Waals surface area contributed by atoms with Crippen LogP contribution in [0, 0.1) is 0 Å². The van der Waals surface area contributed by atoms with E-state index in [9.17, 15) is 0 Å². The van der Waals surface area contributed by atoms with Crippen LogP contribution in [0.4, 0.5) is 0 Å². The summed E-state index contributed by atoms with van der Waals surface area (Å²) in [4.78, 5) is 0. The van der Waals surface area contributed by atoms with Crippen LogP contribution >= 0.6 is 0 Å². The fraction of sp³-hybridized carbons (Fsp3) is 0.375. The zero-order chi connectivity index (χ0) is 12.8. The zero-order valence-electron chi connectivity index (χ0n) is 11.3. The summed E-state index contributed by atoms with van der Waals surface area (Å²) in [7, 11) is 0. The molecule has 0 N–H and O–H groups in total. The minimum Gasteiger partial charge on any atom is -0.0991 e. The molecule has 0 radical (unpaired) electrons. The van der Waals surface area contributed by atoms with E-state index in [0.717, 1.165) is 12.8 Å². The van der Waals surface area contributed by atoms with E-state index in [1.807, 2.05) is 39.8 Å². The third-order valence-electron chi connectivity index (χ3n) is 1.86. The van der Waals surface area contributed by atoms with Crippen molar-refractivity contribution in [3.05, 3.63) is 60.8 Å². The fourth-order valence-corrected chi connectivity index (χ4v) is 1.25. The van der Waals surface area contributed by atoms with Crippen LogP contribution < -0.4 is 0 Å². The van der Waals surface area contributed by atoms with Crippen molar-refractivity contribution in [1.82, 2.24) is 0 Å². The standard InChI is InChI=1S/C12H14.2C2H6/c1-3-5-8-12-10-7-6-9-11(12)4-2;2*1-2/h3-5,8-10H,1-2,6-7H2;2*1-2H3/b8-5-;;. The Bertz CT molecular complexity index is 262. The molecule has 0 aromatic heterocycles. The highest BCUT2D eigenvalue weighted by atomic mass is 14.1. The lowest BCUT2D eigenvalue weighted by molar-refractivity contribution is 1.01. The molecule has 0 unspecified atom stereocenters. The SMILES string of the molecule is C=C/C=C\C1=CCCC=C1C=C.CC.CC. The first kappa shape index (κ1) is 17.1. The first-order valence-electron chi connectivity index (χ1n) is 6.20. The predicted molar refractivity (Wildman–Crippen MR) is 77.6 cm³/mol. The molecule has 0 fully saturated rings. The molecule has 1 rings (SSSR count). The van der Waals surface area contributed by atoms with Crippen LogP contribution in [0.15, 0.2) is 60.8 Å². The van der Waals surface area contributed by atoms with Crippen molar-refractivity contribution < 1.29 is 0 Å². The van der Waals surface area contributed by atoms with Gasteiger partial charge < -0.3 is 0 Å². The Morgan fingerprint density at radius 1 is 0.938 bits per heavy atom. The first-order chi connectivity index (χ1) is 7.88. The molecule has 90 valence electrons. The van der Waals surface area contributed by atoms with Gasteiger partial charge in [0.25, 0.3) is 0 Å². The summed E-state index contributed by atoms with van der Waals surface area (Å²) in [6.07, 6.45) is 14.4. The molecule has 1 aliphatic rings. The van der Waals surface area contributed by atoms with E-state index in [1.54, 1.807) is 6.08 Å². The minimum absolute atomic E-state index is 1.13. The molecule has 0 aromatic carbocycles. The molecular weight excluding hydrogens is 192 g/mol. The van der Waals surface area contributed by atoms with Crippen molar-refractivity contribution in [2.24, 2.45) is 0 Å². The molecule has 0 spiro atoms. The quantitative estimate of drug-likeness (QED) is 0.540. The molecule has 0 aliphatic heterocycles. The molecule has 0 heterocycles. The maximum atomic E-state index is 3.77. The number of hydrogen-bond donors (Lipinski definition) is 0. The van der Waals surface area contributed by atoms with Gasteiger partial charge >= 0.3 is 0 Å². The summed E-state index contributed by atoms with van der Waals surface area (Å²) in [6.45, 7) is 15.4. The van der Waals surface area contributed by atoms with E-state index in [0.29, 0.717) is 0 Å². The Kier molecular flexibility index (Phi) is 14.6. The van der Waals surface area contributed by atoms with Gasteiger partial charge in [0, 0.05) is 0 Å². The van der Waals surface area contributed by atoms with Gasteiger partial charge in [0.05, 0.1) is 0 Å². The Hall–Kier alpha value is -1.30. The molecule has 0 nitrogen and oxygen atoms in total. The van der Waals surface area contributed by atoms with Gasteiger partial charge in [-0.15, -0.1) is 0 Å². The number of allylic oxidation sites excluding steroid dienone is 8. The molecule has 0 amide bonds. The van der Waals surface area contributed by atoms with Crippen LogP contribution in [0.1, 0.15) is 40.5 Å². The van der Waals surface area contributed by atoms with Gasteiger partial charge in [-0.2, -0.15) is 0 Å². The minimum atomic E-state index is 1.13. The number of hydrogen-bond acceptors (Lipinski definition) is 0. The molecule has 0 atom stereocenters. The molecule has 0 saturated heterocycles. The monoisotopic (exact) mass is 218 g/mol. The maximum Gasteiger partial charge on any atom is -0.0227 e. The third kappa shape index (κ3) is 7.05. The second kappa shape index (κ2) is 13.7. The topological polar surface area (TPSA) is 0 Å². The lowest BCUT2D eigenvalue weighted by Crippen LogP contribution is -1.88. The average molecular weight is 218 g/mol. The largest absolute Gasteiger partial charge is 0.0991 e. The number of rotatable bonds is 3. The second-order valence-corrected chi connectivity index (χ2v) is 2.70. The van der Waals surface area contributed by atoms with Crippen molar-refractivity contribution >= 4 is 0 Å². The average Bonchev–Trinajstić information content (AvgIpc) is 2.41. The molecule has 16 heavy (non-hydrogen) atoms. The van der Waals surface area contributed by atoms with Gasteiger partial charge in [0.1, 0.15) is 0 Å². The van der Waals surface area contributed by atoms with Crippen molar-refractivity contribution in [2.75, 3.05) is 0 Å². The van der Waals surface area contributed by atoms with Crippen molar-refractivity contribution in [1.29, 1.82) is 0 Å². The maximum absolute atomic E-state index is 3.77. The van der Waals surface area contributed by atoms with Gasteiger partial charge in [0.15, 0.2) is 0 Å². The molecule has 0 saturated carbocycles. The van der Waals surface area contributed by atoms with Crippen molar-refractivity contribution in [2.45, 2.75) is 40.5 Å². The Labute approximate surface area is 102 Å². The fourth-order valence-electron chi connectivity index (χ4n) is 1.25. The smallest absolute Gasteiger partial charge is 0.0227 e. The van der Waals surface area contributed by atoms with E-state index in [1.165, 1.54) is 11.1 Å². The van der Waals surface area contributed by atoms with Crippen LogP contribution in [-0.4, -0.2) is 0 Å². The Balaban J connectivity index is 0. The van der Waals surface area contributed by atoms with Crippen LogP contribution in [0.2, 0.25) is 0 Å². The summed E-state index contributed by atoms with van der Waals surface area (Å²) in [5, 5.41) is 0. The Morgan fingerprint density at radius 3 is 1.88 bits per heavy atom. The predicted octanol–water partition coefficient (Wildman–Crippen LogP) is 5.61. The van der Waals surface area contributed by atoms with Crippen LogP contribution in [0.5, 0.6) is 0 Å². The second-order valence-electron chi connectivity index (χ2n) is 2.70. The lowest BCUT2D eigenvalue weighted by atomic mass is 9.97. The van der Waals surface area contributed by atoms with Gasteiger partial charge in [-0.1, -0.05) is 77.3 Å². The van der Waals surface area contributed by atoms with Crippen LogP contribution in [0.25, 0.3) is 0 Å². The summed E-state index contributed by atoms with van der Waals surface area (Å²) < 4.78 is 0. The lowest BCUT2D eigenvalue weighted by Gasteiger charge is -2.08. The summed E-state index contributed by atoms with van der Waals surface area (Å²) in [5.41, 5.74) is 2.50. The van der Waals surface area contributed by atoms with Crippen LogP contribution in [0.3, 0.4) is 0 Å². The van der Waals surface area contributed by atoms with Gasteiger partial charge in [-0.3, -0.25) is 0 Å². The van der Waals surface area contributed by atoms with E-state index in [2.05, 4.69) is 31.4 Å². The normalized spacial score (nSPS) is 13.5. The van der Waals surface area contributed by atoms with E-state index in [4.69, 9.17) is 0 Å². The first-order valence-corrected chi connectivity index (χ1v) is 6.20. The third-order valence-corrected chi connectivity index (χ3v) is 1.86. The molecule has 0 heteroatoms. The van der Waals surface area contributed by atoms with E-state index < -0.39 is 0 Å². The molecule has 1 aliphatic carbocycles. The van der Waals surface area contributed by atoms with Gasteiger partial charge in [0.2, 0.25) is 0 Å². The highest BCUT2D eigenvalue weighted by Crippen LogP contribution is 2.20. The molecular formula is C16H26. The zero-order valence-corrected chi connectivity index (χ0v) is 11.3. The molecule has 0 bridgehead atoms. The van der Waals surface area contributed by atoms with Gasteiger partial charge in [-0.25, -0.2) is 0 Å². The molecule has 0 aromatic rings.